The molecule has 0 aromatic heterocycles. The standard InChI is InChI=1S/C29H37F3N4O2/c1-7-33-26-25(20(3)34-14-15-35(19(2)17-34)27(37)38-28(4,5)6)24(21-10-8-11-21)18-36(26)23-13-9-12-22(16-23)29(30,31)32/h7,9,12-13,16,18-19,21H,1,8,10-11,14-15,17H2,2-6H3/b25-20+,33-26?. The fourth-order valence-electron chi connectivity index (χ4n) is 5.17. The highest BCUT2D eigenvalue weighted by molar-refractivity contribution is 6.17. The highest BCUT2D eigenvalue weighted by atomic mass is 19.4. The van der Waals surface area contributed by atoms with Crippen LogP contribution in [-0.2, 0) is 10.9 Å². The molecule has 1 saturated carbocycles. The number of hydrogen-bond acceptors (Lipinski definition) is 4. The molecule has 1 aromatic rings. The molecule has 2 heterocycles. The van der Waals surface area contributed by atoms with Crippen molar-refractivity contribution < 1.29 is 22.7 Å². The maximum absolute atomic E-state index is 13.5. The number of hydrogen-bond donors (Lipinski definition) is 0. The zero-order chi connectivity index (χ0) is 27.8. The number of anilines is 1. The van der Waals surface area contributed by atoms with Crippen LogP contribution in [0.5, 0.6) is 0 Å². The van der Waals surface area contributed by atoms with Crippen molar-refractivity contribution in [2.45, 2.75) is 71.7 Å². The number of rotatable bonds is 4. The Balaban J connectivity index is 1.68. The third-order valence-electron chi connectivity index (χ3n) is 7.31. The fraction of sp³-hybridized carbons (Fsp3) is 0.517. The third-order valence-corrected chi connectivity index (χ3v) is 7.31. The second-order valence-corrected chi connectivity index (χ2v) is 11.2. The van der Waals surface area contributed by atoms with Crippen molar-refractivity contribution in [2.24, 2.45) is 10.9 Å². The Morgan fingerprint density at radius 1 is 1.18 bits per heavy atom. The van der Waals surface area contributed by atoms with Gasteiger partial charge in [0, 0.05) is 55.0 Å². The lowest BCUT2D eigenvalue weighted by Crippen LogP contribution is -2.54. The Bertz CT molecular complexity index is 1170. The van der Waals surface area contributed by atoms with E-state index in [2.05, 4.69) is 16.5 Å². The minimum atomic E-state index is -4.44. The number of amides is 1. The summed E-state index contributed by atoms with van der Waals surface area (Å²) < 4.78 is 46.1. The van der Waals surface area contributed by atoms with Gasteiger partial charge in [-0.3, -0.25) is 0 Å². The maximum atomic E-state index is 13.5. The number of aliphatic imine (C=N–C) groups is 1. The van der Waals surface area contributed by atoms with E-state index in [1.165, 1.54) is 12.3 Å². The predicted octanol–water partition coefficient (Wildman–Crippen LogP) is 6.97. The predicted molar refractivity (Wildman–Crippen MR) is 144 cm³/mol. The molecule has 2 aliphatic heterocycles. The number of ether oxygens (including phenoxy) is 1. The van der Waals surface area contributed by atoms with Gasteiger partial charge in [-0.05, 0) is 77.2 Å². The van der Waals surface area contributed by atoms with Crippen molar-refractivity contribution in [1.82, 2.24) is 9.80 Å². The van der Waals surface area contributed by atoms with Crippen LogP contribution in [0.3, 0.4) is 0 Å². The van der Waals surface area contributed by atoms with Crippen LogP contribution in [0, 0.1) is 5.92 Å². The summed E-state index contributed by atoms with van der Waals surface area (Å²) in [6.45, 7) is 15.1. The molecule has 1 saturated heterocycles. The van der Waals surface area contributed by atoms with E-state index in [0.29, 0.717) is 37.1 Å². The van der Waals surface area contributed by atoms with Crippen LogP contribution >= 0.6 is 0 Å². The molecular formula is C29H37F3N4O2. The topological polar surface area (TPSA) is 48.4 Å². The molecule has 1 unspecified atom stereocenters. The molecule has 0 bridgehead atoms. The summed E-state index contributed by atoms with van der Waals surface area (Å²) in [4.78, 5) is 23.0. The number of amidine groups is 1. The SMILES string of the molecule is C=CN=C1/C(=C(\C)N2CCN(C(=O)OC(C)(C)C)C(C)C2)C(C2CCC2)=CN1c1cccc(C(F)(F)F)c1. The van der Waals surface area contributed by atoms with Gasteiger partial charge in [-0.2, -0.15) is 13.2 Å². The molecule has 3 aliphatic rings. The van der Waals surface area contributed by atoms with Gasteiger partial charge < -0.3 is 19.4 Å². The minimum absolute atomic E-state index is 0.0777. The number of nitrogens with zero attached hydrogens (tertiary/aromatic N) is 4. The van der Waals surface area contributed by atoms with E-state index in [1.54, 1.807) is 15.9 Å². The van der Waals surface area contributed by atoms with Crippen molar-refractivity contribution in [2.75, 3.05) is 24.5 Å². The van der Waals surface area contributed by atoms with E-state index in [0.717, 1.165) is 48.2 Å². The maximum Gasteiger partial charge on any atom is 0.416 e. The van der Waals surface area contributed by atoms with E-state index in [1.807, 2.05) is 40.8 Å². The minimum Gasteiger partial charge on any atom is -0.444 e. The number of carbonyl (C=O) groups is 1. The van der Waals surface area contributed by atoms with E-state index >= 15 is 0 Å². The molecule has 2 fully saturated rings. The van der Waals surface area contributed by atoms with Crippen molar-refractivity contribution >= 4 is 17.6 Å². The van der Waals surface area contributed by atoms with Crippen molar-refractivity contribution in [3.8, 4) is 0 Å². The molecule has 1 aliphatic carbocycles. The van der Waals surface area contributed by atoms with E-state index < -0.39 is 17.3 Å². The quantitative estimate of drug-likeness (QED) is 0.422. The van der Waals surface area contributed by atoms with Crippen LogP contribution in [0.4, 0.5) is 23.7 Å². The van der Waals surface area contributed by atoms with Gasteiger partial charge in [-0.1, -0.05) is 19.1 Å². The smallest absolute Gasteiger partial charge is 0.416 e. The van der Waals surface area contributed by atoms with Crippen molar-refractivity contribution in [3.05, 3.63) is 65.7 Å². The average Bonchev–Trinajstić information content (AvgIpc) is 3.14. The average molecular weight is 531 g/mol. The highest BCUT2D eigenvalue weighted by Gasteiger charge is 2.39. The molecular weight excluding hydrogens is 493 g/mol. The normalized spacial score (nSPS) is 23.4. The van der Waals surface area contributed by atoms with Gasteiger partial charge in [0.1, 0.15) is 11.4 Å². The Hall–Kier alpha value is -3.23. The number of carbonyl (C=O) groups excluding carboxylic acids is 1. The van der Waals surface area contributed by atoms with Gasteiger partial charge in [0.25, 0.3) is 0 Å². The van der Waals surface area contributed by atoms with Crippen LogP contribution in [-0.4, -0.2) is 53.0 Å². The largest absolute Gasteiger partial charge is 0.444 e. The van der Waals surface area contributed by atoms with E-state index in [9.17, 15) is 18.0 Å². The first-order valence-electron chi connectivity index (χ1n) is 13.1. The monoisotopic (exact) mass is 530 g/mol. The molecule has 1 amide bonds. The Kier molecular flexibility index (Phi) is 7.68. The van der Waals surface area contributed by atoms with Gasteiger partial charge in [-0.25, -0.2) is 9.79 Å². The van der Waals surface area contributed by atoms with Gasteiger partial charge >= 0.3 is 12.3 Å². The van der Waals surface area contributed by atoms with Crippen LogP contribution in [0.2, 0.25) is 0 Å². The van der Waals surface area contributed by atoms with Crippen molar-refractivity contribution in [3.63, 3.8) is 0 Å². The first kappa shape index (κ1) is 27.8. The van der Waals surface area contributed by atoms with E-state index in [4.69, 9.17) is 4.74 Å². The van der Waals surface area contributed by atoms with Gasteiger partial charge in [0.05, 0.1) is 5.56 Å². The highest BCUT2D eigenvalue weighted by Crippen LogP contribution is 2.44. The number of halogens is 3. The van der Waals surface area contributed by atoms with Crippen molar-refractivity contribution in [1.29, 1.82) is 0 Å². The molecule has 1 aromatic carbocycles. The Labute approximate surface area is 223 Å². The lowest BCUT2D eigenvalue weighted by Gasteiger charge is -2.42. The summed E-state index contributed by atoms with van der Waals surface area (Å²) in [6, 6.07) is 5.25. The molecule has 0 N–H and O–H groups in total. The Morgan fingerprint density at radius 3 is 2.45 bits per heavy atom. The zero-order valence-electron chi connectivity index (χ0n) is 22.8. The molecule has 4 rings (SSSR count). The molecule has 0 radical (unpaired) electrons. The van der Waals surface area contributed by atoms with Crippen LogP contribution in [0.25, 0.3) is 0 Å². The van der Waals surface area contributed by atoms with Crippen LogP contribution in [0.1, 0.15) is 59.4 Å². The summed E-state index contributed by atoms with van der Waals surface area (Å²) in [6.07, 6.45) is 1.80. The van der Waals surface area contributed by atoms with Crippen LogP contribution in [0.15, 0.2) is 65.1 Å². The third kappa shape index (κ3) is 5.76. The van der Waals surface area contributed by atoms with Gasteiger partial charge in [-0.15, -0.1) is 0 Å². The summed E-state index contributed by atoms with van der Waals surface area (Å²) in [5.41, 5.74) is 2.16. The first-order valence-corrected chi connectivity index (χ1v) is 13.1. The van der Waals surface area contributed by atoms with Gasteiger partial charge in [0.2, 0.25) is 0 Å². The fourth-order valence-corrected chi connectivity index (χ4v) is 5.17. The van der Waals surface area contributed by atoms with Gasteiger partial charge in [0.15, 0.2) is 0 Å². The molecule has 38 heavy (non-hydrogen) atoms. The molecule has 1 atom stereocenters. The molecule has 6 nitrogen and oxygen atoms in total. The number of benzene rings is 1. The summed E-state index contributed by atoms with van der Waals surface area (Å²) >= 11 is 0. The molecule has 0 spiro atoms. The number of piperazine rings is 1. The lowest BCUT2D eigenvalue weighted by molar-refractivity contribution is -0.137. The molecule has 206 valence electrons. The summed E-state index contributed by atoms with van der Waals surface area (Å²) in [5, 5.41) is 0. The number of allylic oxidation sites excluding steroid dienone is 1. The first-order chi connectivity index (χ1) is 17.8. The Morgan fingerprint density at radius 2 is 1.89 bits per heavy atom. The van der Waals surface area contributed by atoms with Crippen LogP contribution < -0.4 is 4.90 Å². The lowest BCUT2D eigenvalue weighted by atomic mass is 9.77. The zero-order valence-corrected chi connectivity index (χ0v) is 22.8. The second-order valence-electron chi connectivity index (χ2n) is 11.2. The molecule has 9 heteroatoms. The number of alkyl halides is 3. The van der Waals surface area contributed by atoms with E-state index in [-0.39, 0.29) is 12.1 Å². The second kappa shape index (κ2) is 10.5. The summed E-state index contributed by atoms with van der Waals surface area (Å²) in [5.74, 6) is 0.896. The summed E-state index contributed by atoms with van der Waals surface area (Å²) in [7, 11) is 0.